The summed E-state index contributed by atoms with van der Waals surface area (Å²) in [7, 11) is 0. The van der Waals surface area contributed by atoms with Crippen LogP contribution in [0.5, 0.6) is 0 Å². The summed E-state index contributed by atoms with van der Waals surface area (Å²) in [6.45, 7) is 4.29. The van der Waals surface area contributed by atoms with Crippen LogP contribution in [0.1, 0.15) is 25.3 Å². The summed E-state index contributed by atoms with van der Waals surface area (Å²) < 4.78 is 5.24. The van der Waals surface area contributed by atoms with Crippen LogP contribution >= 0.6 is 0 Å². The third-order valence-electron chi connectivity index (χ3n) is 2.06. The molecule has 0 N–H and O–H groups in total. The highest BCUT2D eigenvalue weighted by molar-refractivity contribution is 5.64. The maximum absolute atomic E-state index is 5.24. The van der Waals surface area contributed by atoms with Gasteiger partial charge in [0.2, 0.25) is 0 Å². The second-order valence-electron chi connectivity index (χ2n) is 3.36. The summed E-state index contributed by atoms with van der Waals surface area (Å²) in [5.41, 5.74) is 5.15. The highest BCUT2D eigenvalue weighted by Gasteiger charge is 2.07. The first-order chi connectivity index (χ1) is 6.27. The standard InChI is InChI=1S/C11H11NO/c1-8(2)9-4-3-5-10-11(6-9)13-7-12-10/h4-8H,1-2H3. The van der Waals surface area contributed by atoms with Gasteiger partial charge in [-0.25, -0.2) is 4.98 Å². The second-order valence-corrected chi connectivity index (χ2v) is 3.36. The van der Waals surface area contributed by atoms with Crippen LogP contribution in [0, 0.1) is 5.92 Å². The normalized spacial score (nSPS) is 14.2. The molecule has 1 aromatic heterocycles. The SMILES string of the molecule is CC(C)C1=Cc2ocnc2C=C=C1. The predicted octanol–water partition coefficient (Wildman–Crippen LogP) is 2.90. The van der Waals surface area contributed by atoms with Crippen molar-refractivity contribution in [3.8, 4) is 0 Å². The monoisotopic (exact) mass is 173 g/mol. The van der Waals surface area contributed by atoms with Crippen molar-refractivity contribution >= 4 is 12.2 Å². The van der Waals surface area contributed by atoms with Gasteiger partial charge in [-0.2, -0.15) is 0 Å². The molecule has 0 bridgehead atoms. The summed E-state index contributed by atoms with van der Waals surface area (Å²) in [5, 5.41) is 0. The van der Waals surface area contributed by atoms with Gasteiger partial charge < -0.3 is 4.42 Å². The minimum atomic E-state index is 0.483. The van der Waals surface area contributed by atoms with Crippen LogP contribution in [-0.2, 0) is 0 Å². The molecule has 0 saturated heterocycles. The Labute approximate surface area is 77.3 Å². The lowest BCUT2D eigenvalue weighted by atomic mass is 10.0. The fourth-order valence-corrected chi connectivity index (χ4v) is 1.22. The number of nitrogens with zero attached hydrogens (tertiary/aromatic N) is 1. The topological polar surface area (TPSA) is 26.0 Å². The third-order valence-corrected chi connectivity index (χ3v) is 2.06. The van der Waals surface area contributed by atoms with Crippen LogP contribution in [0.4, 0.5) is 0 Å². The number of allylic oxidation sites excluding steroid dienone is 2. The van der Waals surface area contributed by atoms with Crippen LogP contribution in [0.2, 0.25) is 0 Å². The number of hydrogen-bond donors (Lipinski definition) is 0. The average molecular weight is 173 g/mol. The number of rotatable bonds is 1. The fraction of sp³-hybridized carbons (Fsp3) is 0.273. The summed E-state index contributed by atoms with van der Waals surface area (Å²) in [6.07, 6.45) is 7.29. The van der Waals surface area contributed by atoms with Gasteiger partial charge in [-0.05, 0) is 23.6 Å². The van der Waals surface area contributed by atoms with Gasteiger partial charge in [0.05, 0.1) is 0 Å². The molecule has 0 fully saturated rings. The minimum Gasteiger partial charge on any atom is -0.443 e. The first-order valence-corrected chi connectivity index (χ1v) is 4.35. The zero-order chi connectivity index (χ0) is 9.26. The predicted molar refractivity (Wildman–Crippen MR) is 51.9 cm³/mol. The molecule has 0 unspecified atom stereocenters. The molecule has 13 heavy (non-hydrogen) atoms. The molecule has 2 nitrogen and oxygen atoms in total. The highest BCUT2D eigenvalue weighted by Crippen LogP contribution is 2.20. The van der Waals surface area contributed by atoms with E-state index in [0.717, 1.165) is 11.5 Å². The Morgan fingerprint density at radius 2 is 2.23 bits per heavy atom. The van der Waals surface area contributed by atoms with E-state index in [1.807, 2.05) is 18.2 Å². The van der Waals surface area contributed by atoms with E-state index in [1.54, 1.807) is 0 Å². The maximum atomic E-state index is 5.24. The number of aromatic nitrogens is 1. The smallest absolute Gasteiger partial charge is 0.182 e. The number of fused-ring (bicyclic) bond motifs is 1. The van der Waals surface area contributed by atoms with Gasteiger partial charge in [0.1, 0.15) is 5.69 Å². The highest BCUT2D eigenvalue weighted by atomic mass is 16.3. The lowest BCUT2D eigenvalue weighted by Crippen LogP contribution is -1.88. The molecule has 0 radical (unpaired) electrons. The lowest BCUT2D eigenvalue weighted by Gasteiger charge is -2.02. The average Bonchev–Trinajstić information content (AvgIpc) is 2.42. The Balaban J connectivity index is 2.52. The van der Waals surface area contributed by atoms with E-state index in [1.165, 1.54) is 12.0 Å². The molecule has 0 saturated carbocycles. The molecule has 66 valence electrons. The Morgan fingerprint density at radius 3 is 3.00 bits per heavy atom. The van der Waals surface area contributed by atoms with Crippen LogP contribution < -0.4 is 0 Å². The maximum Gasteiger partial charge on any atom is 0.182 e. The van der Waals surface area contributed by atoms with Gasteiger partial charge in [0.25, 0.3) is 0 Å². The van der Waals surface area contributed by atoms with Crippen LogP contribution in [0.25, 0.3) is 12.2 Å². The Bertz CT molecular complexity index is 403. The van der Waals surface area contributed by atoms with Gasteiger partial charge in [0, 0.05) is 6.08 Å². The van der Waals surface area contributed by atoms with Crippen molar-refractivity contribution in [2.75, 3.05) is 0 Å². The molecule has 2 heteroatoms. The van der Waals surface area contributed by atoms with Crippen LogP contribution in [0.15, 0.2) is 28.2 Å². The molecule has 0 aliphatic heterocycles. The zero-order valence-corrected chi connectivity index (χ0v) is 7.74. The van der Waals surface area contributed by atoms with Gasteiger partial charge in [-0.3, -0.25) is 0 Å². The van der Waals surface area contributed by atoms with E-state index in [2.05, 4.69) is 24.6 Å². The molecule has 0 aromatic carbocycles. The van der Waals surface area contributed by atoms with E-state index >= 15 is 0 Å². The third kappa shape index (κ3) is 1.49. The van der Waals surface area contributed by atoms with Crippen molar-refractivity contribution < 1.29 is 4.42 Å². The van der Waals surface area contributed by atoms with Crippen molar-refractivity contribution in [1.82, 2.24) is 4.98 Å². The molecule has 1 aliphatic rings. The fourth-order valence-electron chi connectivity index (χ4n) is 1.22. The molecular formula is C11H11NO. The molecule has 1 aromatic rings. The summed E-state index contributed by atoms with van der Waals surface area (Å²) in [4.78, 5) is 4.06. The largest absolute Gasteiger partial charge is 0.443 e. The Kier molecular flexibility index (Phi) is 1.91. The van der Waals surface area contributed by atoms with E-state index in [-0.39, 0.29) is 0 Å². The second kappa shape index (κ2) is 3.08. The molecule has 2 rings (SSSR count). The van der Waals surface area contributed by atoms with Crippen molar-refractivity contribution in [1.29, 1.82) is 0 Å². The molecule has 0 amide bonds. The molecule has 1 aliphatic carbocycles. The Morgan fingerprint density at radius 1 is 1.38 bits per heavy atom. The van der Waals surface area contributed by atoms with Gasteiger partial charge in [0.15, 0.2) is 12.2 Å². The first-order valence-electron chi connectivity index (χ1n) is 4.35. The van der Waals surface area contributed by atoms with Gasteiger partial charge >= 0.3 is 0 Å². The zero-order valence-electron chi connectivity index (χ0n) is 7.74. The van der Waals surface area contributed by atoms with Crippen LogP contribution in [-0.4, -0.2) is 4.98 Å². The van der Waals surface area contributed by atoms with Crippen molar-refractivity contribution in [3.63, 3.8) is 0 Å². The lowest BCUT2D eigenvalue weighted by molar-refractivity contribution is 0.547. The molecular weight excluding hydrogens is 162 g/mol. The van der Waals surface area contributed by atoms with Crippen molar-refractivity contribution in [2.45, 2.75) is 13.8 Å². The first kappa shape index (κ1) is 8.09. The van der Waals surface area contributed by atoms with Crippen molar-refractivity contribution in [2.24, 2.45) is 5.92 Å². The van der Waals surface area contributed by atoms with Gasteiger partial charge in [-0.1, -0.05) is 13.8 Å². The summed E-state index contributed by atoms with van der Waals surface area (Å²) in [6, 6.07) is 0. The van der Waals surface area contributed by atoms with Gasteiger partial charge in [-0.15, -0.1) is 5.73 Å². The quantitative estimate of drug-likeness (QED) is 0.610. The summed E-state index contributed by atoms with van der Waals surface area (Å²) >= 11 is 0. The molecule has 0 atom stereocenters. The van der Waals surface area contributed by atoms with E-state index < -0.39 is 0 Å². The molecule has 1 heterocycles. The van der Waals surface area contributed by atoms with E-state index in [9.17, 15) is 0 Å². The van der Waals surface area contributed by atoms with E-state index in [0.29, 0.717) is 5.92 Å². The summed E-state index contributed by atoms with van der Waals surface area (Å²) in [5.74, 6) is 1.31. The Hall–Kier alpha value is -1.53. The van der Waals surface area contributed by atoms with Crippen molar-refractivity contribution in [3.05, 3.63) is 35.2 Å². The molecule has 0 spiro atoms. The minimum absolute atomic E-state index is 0.483. The number of hydrogen-bond acceptors (Lipinski definition) is 2. The van der Waals surface area contributed by atoms with E-state index in [4.69, 9.17) is 4.42 Å². The number of oxazole rings is 1. The van der Waals surface area contributed by atoms with Crippen LogP contribution in [0.3, 0.4) is 0 Å².